The lowest BCUT2D eigenvalue weighted by Gasteiger charge is -2.40. The fourth-order valence-corrected chi connectivity index (χ4v) is 4.01. The van der Waals surface area contributed by atoms with Crippen LogP contribution in [0.15, 0.2) is 12.3 Å². The summed E-state index contributed by atoms with van der Waals surface area (Å²) in [7, 11) is 0. The third-order valence-corrected chi connectivity index (χ3v) is 5.32. The molecule has 20 heavy (non-hydrogen) atoms. The molecule has 1 spiro atoms. The first-order valence-corrected chi connectivity index (χ1v) is 7.73. The Morgan fingerprint density at radius 2 is 1.90 bits per heavy atom. The van der Waals surface area contributed by atoms with Gasteiger partial charge in [-0.2, -0.15) is 0 Å². The van der Waals surface area contributed by atoms with E-state index < -0.39 is 0 Å². The largest absolute Gasteiger partial charge is 0.384 e. The van der Waals surface area contributed by atoms with Crippen molar-refractivity contribution in [2.24, 2.45) is 11.1 Å². The molecule has 1 saturated carbocycles. The molecule has 0 amide bonds. The number of nitrogens with two attached hydrogens (primary N) is 1. The molecule has 0 radical (unpaired) electrons. The highest BCUT2D eigenvalue weighted by atomic mass is 35.5. The summed E-state index contributed by atoms with van der Waals surface area (Å²) in [5.41, 5.74) is 6.73. The van der Waals surface area contributed by atoms with Gasteiger partial charge in [0.25, 0.3) is 0 Å². The monoisotopic (exact) mass is 292 g/mol. The van der Waals surface area contributed by atoms with Gasteiger partial charge in [-0.25, -0.2) is 4.98 Å². The number of aromatic nitrogens is 1. The Kier molecular flexibility index (Phi) is 3.59. The molecule has 5 heteroatoms. The number of nitrogens with zero attached hydrogens (tertiary/aromatic N) is 2. The van der Waals surface area contributed by atoms with Gasteiger partial charge >= 0.3 is 0 Å². The van der Waals surface area contributed by atoms with Crippen molar-refractivity contribution in [1.82, 2.24) is 4.98 Å². The summed E-state index contributed by atoms with van der Waals surface area (Å²) in [6.07, 6.45) is 9.70. The molecule has 3 N–H and O–H groups in total. The molecule has 0 unspecified atom stereocenters. The van der Waals surface area contributed by atoms with E-state index in [1.165, 1.54) is 38.5 Å². The first-order chi connectivity index (χ1) is 9.61. The summed E-state index contributed by atoms with van der Waals surface area (Å²) in [6.45, 7) is 2.02. The van der Waals surface area contributed by atoms with Gasteiger partial charge in [-0.05, 0) is 37.2 Å². The molecule has 0 aromatic carbocycles. The van der Waals surface area contributed by atoms with Crippen LogP contribution in [0.5, 0.6) is 0 Å². The summed E-state index contributed by atoms with van der Waals surface area (Å²) < 4.78 is 0. The van der Waals surface area contributed by atoms with E-state index in [9.17, 15) is 0 Å². The SMILES string of the molecule is N=C(N)c1ccnc(N2CCC3(CCCC3)CC2)c1Cl. The number of nitrogen functional groups attached to an aromatic ring is 1. The molecular weight excluding hydrogens is 272 g/mol. The maximum atomic E-state index is 7.56. The molecule has 1 aliphatic heterocycles. The van der Waals surface area contributed by atoms with Crippen LogP contribution in [0.2, 0.25) is 5.02 Å². The van der Waals surface area contributed by atoms with Gasteiger partial charge in [0, 0.05) is 24.8 Å². The lowest BCUT2D eigenvalue weighted by molar-refractivity contribution is 0.226. The standard InChI is InChI=1S/C15H21ClN4/c16-12-11(13(17)18)3-8-19-14(12)20-9-6-15(7-10-20)4-1-2-5-15/h3,8H,1-2,4-7,9-10H2,(H3,17,18). The molecule has 2 aliphatic rings. The van der Waals surface area contributed by atoms with E-state index in [1.54, 1.807) is 12.3 Å². The second-order valence-electron chi connectivity index (χ2n) is 6.10. The van der Waals surface area contributed by atoms with Gasteiger partial charge in [-0.15, -0.1) is 0 Å². The van der Waals surface area contributed by atoms with Crippen LogP contribution in [0, 0.1) is 10.8 Å². The summed E-state index contributed by atoms with van der Waals surface area (Å²) >= 11 is 6.36. The zero-order valence-corrected chi connectivity index (χ0v) is 12.4. The van der Waals surface area contributed by atoms with Crippen LogP contribution >= 0.6 is 11.6 Å². The van der Waals surface area contributed by atoms with E-state index in [1.807, 2.05) is 0 Å². The first-order valence-electron chi connectivity index (χ1n) is 7.35. The summed E-state index contributed by atoms with van der Waals surface area (Å²) in [5, 5.41) is 8.08. The number of pyridine rings is 1. The number of rotatable bonds is 2. The maximum absolute atomic E-state index is 7.56. The van der Waals surface area contributed by atoms with Crippen molar-refractivity contribution in [1.29, 1.82) is 5.41 Å². The number of anilines is 1. The molecule has 1 aromatic rings. The van der Waals surface area contributed by atoms with Crippen LogP contribution in [0.3, 0.4) is 0 Å². The smallest absolute Gasteiger partial charge is 0.148 e. The maximum Gasteiger partial charge on any atom is 0.148 e. The van der Waals surface area contributed by atoms with E-state index in [0.717, 1.165) is 18.9 Å². The molecule has 108 valence electrons. The fraction of sp³-hybridized carbons (Fsp3) is 0.600. The van der Waals surface area contributed by atoms with Crippen molar-refractivity contribution < 1.29 is 0 Å². The average Bonchev–Trinajstić information content (AvgIpc) is 2.88. The Balaban J connectivity index is 1.78. The molecule has 2 fully saturated rings. The minimum Gasteiger partial charge on any atom is -0.384 e. The lowest BCUT2D eigenvalue weighted by atomic mass is 9.77. The van der Waals surface area contributed by atoms with Crippen LogP contribution < -0.4 is 10.6 Å². The highest BCUT2D eigenvalue weighted by Gasteiger charge is 2.37. The second kappa shape index (κ2) is 5.24. The van der Waals surface area contributed by atoms with Gasteiger partial charge in [0.15, 0.2) is 0 Å². The second-order valence-corrected chi connectivity index (χ2v) is 6.48. The molecule has 1 saturated heterocycles. The molecular formula is C15H21ClN4. The van der Waals surface area contributed by atoms with E-state index in [4.69, 9.17) is 22.7 Å². The molecule has 1 aliphatic carbocycles. The van der Waals surface area contributed by atoms with Crippen molar-refractivity contribution in [2.45, 2.75) is 38.5 Å². The predicted molar refractivity (Wildman–Crippen MR) is 82.6 cm³/mol. The molecule has 4 nitrogen and oxygen atoms in total. The molecule has 2 heterocycles. The Bertz CT molecular complexity index is 513. The Labute approximate surface area is 124 Å². The average molecular weight is 293 g/mol. The van der Waals surface area contributed by atoms with Crippen molar-refractivity contribution in [2.75, 3.05) is 18.0 Å². The third kappa shape index (κ3) is 2.37. The van der Waals surface area contributed by atoms with Gasteiger partial charge in [-0.3, -0.25) is 5.41 Å². The molecule has 0 bridgehead atoms. The Morgan fingerprint density at radius 3 is 2.50 bits per heavy atom. The lowest BCUT2D eigenvalue weighted by Crippen LogP contribution is -2.39. The van der Waals surface area contributed by atoms with E-state index in [0.29, 0.717) is 16.0 Å². The van der Waals surface area contributed by atoms with Crippen molar-refractivity contribution >= 4 is 23.3 Å². The van der Waals surface area contributed by atoms with E-state index in [-0.39, 0.29) is 5.84 Å². The number of nitrogens with one attached hydrogen (secondary N) is 1. The van der Waals surface area contributed by atoms with Gasteiger partial charge in [-0.1, -0.05) is 24.4 Å². The quantitative estimate of drug-likeness (QED) is 0.650. The number of amidine groups is 1. The summed E-state index contributed by atoms with van der Waals surface area (Å²) in [4.78, 5) is 6.65. The van der Waals surface area contributed by atoms with Crippen LogP contribution in [0.1, 0.15) is 44.1 Å². The predicted octanol–water partition coefficient (Wildman–Crippen LogP) is 3.18. The molecule has 1 aromatic heterocycles. The molecule has 3 rings (SSSR count). The zero-order valence-electron chi connectivity index (χ0n) is 11.7. The van der Waals surface area contributed by atoms with Crippen LogP contribution in [0.25, 0.3) is 0 Å². The highest BCUT2D eigenvalue weighted by Crippen LogP contribution is 2.47. The topological polar surface area (TPSA) is 66.0 Å². The van der Waals surface area contributed by atoms with Crippen LogP contribution in [0.4, 0.5) is 5.82 Å². The number of piperidine rings is 1. The third-order valence-electron chi connectivity index (χ3n) is 4.95. The zero-order chi connectivity index (χ0) is 14.2. The van der Waals surface area contributed by atoms with Gasteiger partial charge in [0.05, 0.1) is 5.02 Å². The normalized spacial score (nSPS) is 21.4. The van der Waals surface area contributed by atoms with E-state index in [2.05, 4.69) is 9.88 Å². The molecule has 0 atom stereocenters. The van der Waals surface area contributed by atoms with Crippen LogP contribution in [-0.4, -0.2) is 23.9 Å². The van der Waals surface area contributed by atoms with Gasteiger partial charge in [0.2, 0.25) is 0 Å². The minimum absolute atomic E-state index is 0.00271. The van der Waals surface area contributed by atoms with E-state index >= 15 is 0 Å². The first kappa shape index (κ1) is 13.7. The number of halogens is 1. The Hall–Kier alpha value is -1.29. The fourth-order valence-electron chi connectivity index (χ4n) is 3.68. The highest BCUT2D eigenvalue weighted by molar-refractivity contribution is 6.36. The van der Waals surface area contributed by atoms with Crippen LogP contribution in [-0.2, 0) is 0 Å². The van der Waals surface area contributed by atoms with Crippen molar-refractivity contribution in [3.05, 3.63) is 22.8 Å². The number of hydrogen-bond donors (Lipinski definition) is 2. The van der Waals surface area contributed by atoms with Gasteiger partial charge < -0.3 is 10.6 Å². The van der Waals surface area contributed by atoms with Crippen molar-refractivity contribution in [3.63, 3.8) is 0 Å². The minimum atomic E-state index is 0.00271. The number of hydrogen-bond acceptors (Lipinski definition) is 3. The van der Waals surface area contributed by atoms with Crippen molar-refractivity contribution in [3.8, 4) is 0 Å². The summed E-state index contributed by atoms with van der Waals surface area (Å²) in [5.74, 6) is 0.787. The van der Waals surface area contributed by atoms with Gasteiger partial charge in [0.1, 0.15) is 11.7 Å². The Morgan fingerprint density at radius 1 is 1.25 bits per heavy atom. The summed E-state index contributed by atoms with van der Waals surface area (Å²) in [6, 6.07) is 1.70.